The molecule has 0 saturated carbocycles. The van der Waals surface area contributed by atoms with E-state index in [1.54, 1.807) is 14.2 Å². The molecule has 1 aliphatic heterocycles. The fraction of sp³-hybridized carbons (Fsp3) is 0.588. The van der Waals surface area contributed by atoms with Crippen molar-refractivity contribution < 1.29 is 14.3 Å². The molecule has 0 spiro atoms. The molecule has 0 saturated heterocycles. The molecule has 23 heavy (non-hydrogen) atoms. The van der Waals surface area contributed by atoms with Gasteiger partial charge in [0.05, 0.1) is 14.2 Å². The second-order valence-electron chi connectivity index (χ2n) is 6.03. The largest absolute Gasteiger partial charge is 0.493 e. The topological polar surface area (TPSA) is 76.8 Å². The van der Waals surface area contributed by atoms with E-state index in [0.29, 0.717) is 13.0 Å². The Morgan fingerprint density at radius 2 is 1.96 bits per heavy atom. The molecule has 6 nitrogen and oxygen atoms in total. The van der Waals surface area contributed by atoms with E-state index in [0.717, 1.165) is 37.6 Å². The van der Waals surface area contributed by atoms with Crippen molar-refractivity contribution in [2.45, 2.75) is 32.4 Å². The Hall–Kier alpha value is -1.79. The van der Waals surface area contributed by atoms with Gasteiger partial charge in [-0.05, 0) is 36.6 Å². The fourth-order valence-corrected chi connectivity index (χ4v) is 2.85. The van der Waals surface area contributed by atoms with Crippen LogP contribution in [0.4, 0.5) is 0 Å². The number of nitrogens with zero attached hydrogens (tertiary/aromatic N) is 1. The molecule has 3 N–H and O–H groups in total. The lowest BCUT2D eigenvalue weighted by molar-refractivity contribution is -0.121. The first kappa shape index (κ1) is 17.6. The number of hydrogen-bond donors (Lipinski definition) is 2. The summed E-state index contributed by atoms with van der Waals surface area (Å²) in [4.78, 5) is 13.9. The van der Waals surface area contributed by atoms with Gasteiger partial charge in [0.1, 0.15) is 0 Å². The maximum absolute atomic E-state index is 11.6. The Balaban J connectivity index is 1.89. The average Bonchev–Trinajstić information content (AvgIpc) is 2.52. The number of carbonyl (C=O) groups is 1. The summed E-state index contributed by atoms with van der Waals surface area (Å²) < 4.78 is 10.7. The molecule has 2 rings (SSSR count). The normalized spacial score (nSPS) is 15.7. The summed E-state index contributed by atoms with van der Waals surface area (Å²) in [5.74, 6) is 1.56. The number of methoxy groups -OCH3 is 2. The SMILES string of the molecule is COc1cc2c(cc1OC)CN(CCNC(=O)CC(C)N)CC2. The van der Waals surface area contributed by atoms with Gasteiger partial charge in [0, 0.05) is 38.6 Å². The highest BCUT2D eigenvalue weighted by Gasteiger charge is 2.19. The van der Waals surface area contributed by atoms with Gasteiger partial charge in [-0.3, -0.25) is 9.69 Å². The molecule has 1 aliphatic rings. The number of hydrogen-bond acceptors (Lipinski definition) is 5. The number of nitrogens with one attached hydrogen (secondary N) is 1. The minimum atomic E-state index is -0.0979. The number of amides is 1. The quantitative estimate of drug-likeness (QED) is 0.781. The van der Waals surface area contributed by atoms with Crippen LogP contribution in [-0.4, -0.2) is 50.7 Å². The van der Waals surface area contributed by atoms with Crippen LogP contribution in [0.2, 0.25) is 0 Å². The summed E-state index contributed by atoms with van der Waals surface area (Å²) >= 11 is 0. The molecule has 1 aromatic rings. The predicted molar refractivity (Wildman–Crippen MR) is 89.8 cm³/mol. The first-order chi connectivity index (χ1) is 11.0. The van der Waals surface area contributed by atoms with Crippen molar-refractivity contribution in [3.05, 3.63) is 23.3 Å². The van der Waals surface area contributed by atoms with Gasteiger partial charge in [-0.25, -0.2) is 0 Å². The summed E-state index contributed by atoms with van der Waals surface area (Å²) in [6.45, 7) is 5.15. The van der Waals surface area contributed by atoms with E-state index in [1.165, 1.54) is 11.1 Å². The molecule has 6 heteroatoms. The van der Waals surface area contributed by atoms with Gasteiger partial charge in [-0.2, -0.15) is 0 Å². The minimum absolute atomic E-state index is 0.0174. The van der Waals surface area contributed by atoms with Gasteiger partial charge < -0.3 is 20.5 Å². The second-order valence-corrected chi connectivity index (χ2v) is 6.03. The van der Waals surface area contributed by atoms with Gasteiger partial charge >= 0.3 is 0 Å². The maximum atomic E-state index is 11.6. The zero-order valence-corrected chi connectivity index (χ0v) is 14.2. The first-order valence-corrected chi connectivity index (χ1v) is 8.02. The van der Waals surface area contributed by atoms with Crippen LogP contribution >= 0.6 is 0 Å². The molecule has 1 aromatic carbocycles. The van der Waals surface area contributed by atoms with E-state index in [2.05, 4.69) is 22.3 Å². The van der Waals surface area contributed by atoms with E-state index in [9.17, 15) is 4.79 Å². The summed E-state index contributed by atoms with van der Waals surface area (Å²) in [5.41, 5.74) is 8.18. The van der Waals surface area contributed by atoms with E-state index < -0.39 is 0 Å². The number of nitrogens with two attached hydrogens (primary N) is 1. The van der Waals surface area contributed by atoms with Gasteiger partial charge in [0.2, 0.25) is 5.91 Å². The minimum Gasteiger partial charge on any atom is -0.493 e. The van der Waals surface area contributed by atoms with Gasteiger partial charge in [-0.1, -0.05) is 0 Å². The lowest BCUT2D eigenvalue weighted by Gasteiger charge is -2.29. The molecule has 1 unspecified atom stereocenters. The van der Waals surface area contributed by atoms with Crippen LogP contribution < -0.4 is 20.5 Å². The molecule has 0 aromatic heterocycles. The van der Waals surface area contributed by atoms with Crippen molar-refractivity contribution in [2.75, 3.05) is 33.9 Å². The fourth-order valence-electron chi connectivity index (χ4n) is 2.85. The van der Waals surface area contributed by atoms with Crippen molar-refractivity contribution in [2.24, 2.45) is 5.73 Å². The van der Waals surface area contributed by atoms with Crippen LogP contribution in [0.25, 0.3) is 0 Å². The molecule has 0 bridgehead atoms. The third-order valence-electron chi connectivity index (χ3n) is 4.05. The molecule has 0 aliphatic carbocycles. The number of benzene rings is 1. The maximum Gasteiger partial charge on any atom is 0.221 e. The molecular weight excluding hydrogens is 294 g/mol. The van der Waals surface area contributed by atoms with Crippen molar-refractivity contribution in [3.8, 4) is 11.5 Å². The Bertz CT molecular complexity index is 546. The summed E-state index contributed by atoms with van der Waals surface area (Å²) in [7, 11) is 3.31. The van der Waals surface area contributed by atoms with Crippen LogP contribution in [0.15, 0.2) is 12.1 Å². The lowest BCUT2D eigenvalue weighted by Crippen LogP contribution is -2.39. The van der Waals surface area contributed by atoms with Crippen molar-refractivity contribution >= 4 is 5.91 Å². The molecule has 0 fully saturated rings. The lowest BCUT2D eigenvalue weighted by atomic mass is 9.99. The van der Waals surface area contributed by atoms with Crippen LogP contribution in [0.1, 0.15) is 24.5 Å². The average molecular weight is 321 g/mol. The van der Waals surface area contributed by atoms with E-state index in [-0.39, 0.29) is 11.9 Å². The van der Waals surface area contributed by atoms with Crippen molar-refractivity contribution in [3.63, 3.8) is 0 Å². The number of rotatable bonds is 7. The van der Waals surface area contributed by atoms with Crippen LogP contribution in [0, 0.1) is 0 Å². The molecule has 1 amide bonds. The second kappa shape index (κ2) is 8.17. The molecule has 1 atom stereocenters. The number of carbonyl (C=O) groups excluding carboxylic acids is 1. The predicted octanol–water partition coefficient (Wildman–Crippen LogP) is 0.915. The van der Waals surface area contributed by atoms with Crippen molar-refractivity contribution in [1.29, 1.82) is 0 Å². The van der Waals surface area contributed by atoms with Gasteiger partial charge in [0.15, 0.2) is 11.5 Å². The number of fused-ring (bicyclic) bond motifs is 1. The molecule has 0 radical (unpaired) electrons. The Labute approximate surface area is 137 Å². The van der Waals surface area contributed by atoms with Gasteiger partial charge in [-0.15, -0.1) is 0 Å². The standard InChI is InChI=1S/C17H27N3O3/c1-12(18)8-17(21)19-5-7-20-6-4-13-9-15(22-2)16(23-3)10-14(13)11-20/h9-10,12H,4-8,11,18H2,1-3H3,(H,19,21). The molecular formula is C17H27N3O3. The zero-order valence-electron chi connectivity index (χ0n) is 14.2. The highest BCUT2D eigenvalue weighted by molar-refractivity contribution is 5.76. The monoisotopic (exact) mass is 321 g/mol. The smallest absolute Gasteiger partial charge is 0.221 e. The Morgan fingerprint density at radius 1 is 1.30 bits per heavy atom. The van der Waals surface area contributed by atoms with Gasteiger partial charge in [0.25, 0.3) is 0 Å². The highest BCUT2D eigenvalue weighted by atomic mass is 16.5. The Morgan fingerprint density at radius 3 is 2.57 bits per heavy atom. The van der Waals surface area contributed by atoms with E-state index >= 15 is 0 Å². The van der Waals surface area contributed by atoms with Crippen LogP contribution in [-0.2, 0) is 17.8 Å². The summed E-state index contributed by atoms with van der Waals surface area (Å²) in [6, 6.07) is 4.02. The molecule has 1 heterocycles. The van der Waals surface area contributed by atoms with Crippen LogP contribution in [0.3, 0.4) is 0 Å². The summed E-state index contributed by atoms with van der Waals surface area (Å²) in [5, 5.41) is 2.92. The highest BCUT2D eigenvalue weighted by Crippen LogP contribution is 2.33. The van der Waals surface area contributed by atoms with E-state index in [1.807, 2.05) is 6.92 Å². The summed E-state index contributed by atoms with van der Waals surface area (Å²) in [6.07, 6.45) is 1.35. The third kappa shape index (κ3) is 4.84. The van der Waals surface area contributed by atoms with E-state index in [4.69, 9.17) is 15.2 Å². The molecule has 128 valence electrons. The zero-order chi connectivity index (χ0) is 16.8. The van der Waals surface area contributed by atoms with Crippen molar-refractivity contribution in [1.82, 2.24) is 10.2 Å². The number of ether oxygens (including phenoxy) is 2. The van der Waals surface area contributed by atoms with Crippen LogP contribution in [0.5, 0.6) is 11.5 Å². The Kier molecular flexibility index (Phi) is 6.24. The first-order valence-electron chi connectivity index (χ1n) is 8.02. The third-order valence-corrected chi connectivity index (χ3v) is 4.05.